The molecular weight excluding hydrogens is 957 g/mol. The minimum atomic E-state index is -0.476. The molecule has 0 bridgehead atoms. The molecule has 3 saturated heterocycles. The van der Waals surface area contributed by atoms with E-state index in [2.05, 4.69) is 216 Å². The maximum absolute atomic E-state index is 6.20. The van der Waals surface area contributed by atoms with Crippen LogP contribution in [0.25, 0.3) is 66.8 Å². The molecule has 6 nitrogen and oxygen atoms in total. The van der Waals surface area contributed by atoms with Gasteiger partial charge in [-0.25, -0.2) is 0 Å². The predicted molar refractivity (Wildman–Crippen MR) is 318 cm³/mol. The molecule has 10 heteroatoms. The number of hydrogen-bond donors (Lipinski definition) is 0. The Morgan fingerprint density at radius 3 is 0.763 bits per heavy atom. The topological polar surface area (TPSA) is 55.4 Å². The third kappa shape index (κ3) is 12.1. The van der Waals surface area contributed by atoms with E-state index in [1.54, 1.807) is 0 Å². The van der Waals surface area contributed by atoms with Crippen LogP contribution in [-0.2, 0) is 27.9 Å². The Hall–Kier alpha value is -6.00. The Morgan fingerprint density at radius 1 is 0.250 bits per heavy atom. The van der Waals surface area contributed by atoms with Crippen molar-refractivity contribution in [2.75, 3.05) is 0 Å². The lowest BCUT2D eigenvalue weighted by atomic mass is 9.49. The molecule has 11 rings (SSSR count). The molecule has 8 aromatic carbocycles. The molecule has 3 fully saturated rings. The van der Waals surface area contributed by atoms with Crippen molar-refractivity contribution >= 4 is 38.2 Å². The van der Waals surface area contributed by atoms with Crippen molar-refractivity contribution in [3.05, 3.63) is 211 Å². The molecular formula is C66H70B3ClO6. The summed E-state index contributed by atoms with van der Waals surface area (Å²) in [6.45, 7) is 24.5. The van der Waals surface area contributed by atoms with Crippen LogP contribution in [0.5, 0.6) is 0 Å². The van der Waals surface area contributed by atoms with Crippen LogP contribution in [0.1, 0.15) is 83.1 Å². The normalized spacial score (nSPS) is 18.3. The third-order valence-corrected chi connectivity index (χ3v) is 16.3. The summed E-state index contributed by atoms with van der Waals surface area (Å²) in [5.74, 6) is 0. The summed E-state index contributed by atoms with van der Waals surface area (Å²) in [4.78, 5) is 0. The molecule has 3 aliphatic heterocycles. The highest BCUT2D eigenvalue weighted by Crippen LogP contribution is 2.43. The van der Waals surface area contributed by atoms with Gasteiger partial charge in [-0.05, 0) is 192 Å². The van der Waals surface area contributed by atoms with Crippen LogP contribution in [0.15, 0.2) is 206 Å². The molecule has 386 valence electrons. The van der Waals surface area contributed by atoms with E-state index in [-0.39, 0.29) is 40.7 Å². The molecule has 0 amide bonds. The van der Waals surface area contributed by atoms with E-state index in [1.807, 2.05) is 73.6 Å². The first-order valence-electron chi connectivity index (χ1n) is 26.4. The summed E-state index contributed by atoms with van der Waals surface area (Å²) < 4.78 is 36.2. The SMILES string of the molecule is CC1(C)OB(B2OC(C)(C)C(C)(C)O2)OC1(C)C.CC1(C)OB(c2ccc(-c3cccc(-c4cccc(-c5ccccc5)c4)c3)cc2)OC1(C)C.Clc1ccc(-c2cccc(-c3cccc(-c4ccccc4)c3)c2)cc1. The molecule has 0 spiro atoms. The molecule has 0 atom stereocenters. The van der Waals surface area contributed by atoms with Gasteiger partial charge in [0.25, 0.3) is 0 Å². The van der Waals surface area contributed by atoms with Crippen LogP contribution in [-0.4, -0.2) is 54.7 Å². The van der Waals surface area contributed by atoms with E-state index in [4.69, 9.17) is 39.5 Å². The smallest absolute Gasteiger partial charge is 0.405 e. The first-order valence-corrected chi connectivity index (χ1v) is 26.8. The fraction of sp³-hybridized carbons (Fsp3) is 0.273. The fourth-order valence-electron chi connectivity index (χ4n) is 9.23. The van der Waals surface area contributed by atoms with Gasteiger partial charge in [0.15, 0.2) is 0 Å². The molecule has 0 radical (unpaired) electrons. The zero-order chi connectivity index (χ0) is 54.1. The zero-order valence-electron chi connectivity index (χ0n) is 46.2. The van der Waals surface area contributed by atoms with Gasteiger partial charge in [-0.1, -0.05) is 181 Å². The molecule has 0 saturated carbocycles. The lowest BCUT2D eigenvalue weighted by Gasteiger charge is -2.32. The summed E-state index contributed by atoms with van der Waals surface area (Å²) in [5, 5.41) is 0.760. The number of benzene rings is 8. The first-order chi connectivity index (χ1) is 36.0. The highest BCUT2D eigenvalue weighted by Gasteiger charge is 2.63. The second-order valence-electron chi connectivity index (χ2n) is 23.0. The van der Waals surface area contributed by atoms with Crippen molar-refractivity contribution < 1.29 is 27.9 Å². The Bertz CT molecular complexity index is 3170. The van der Waals surface area contributed by atoms with E-state index in [0.717, 1.165) is 10.5 Å². The minimum Gasteiger partial charge on any atom is -0.405 e. The molecule has 0 N–H and O–H groups in total. The zero-order valence-corrected chi connectivity index (χ0v) is 46.9. The predicted octanol–water partition coefficient (Wildman–Crippen LogP) is 16.6. The van der Waals surface area contributed by atoms with Crippen LogP contribution in [0.3, 0.4) is 0 Å². The number of halogens is 1. The van der Waals surface area contributed by atoms with Gasteiger partial charge < -0.3 is 27.9 Å². The van der Waals surface area contributed by atoms with E-state index in [0.29, 0.717) is 0 Å². The van der Waals surface area contributed by atoms with Crippen molar-refractivity contribution in [2.45, 2.75) is 117 Å². The van der Waals surface area contributed by atoms with Gasteiger partial charge in [-0.15, -0.1) is 0 Å². The second kappa shape index (κ2) is 21.8. The van der Waals surface area contributed by atoms with Crippen molar-refractivity contribution in [1.82, 2.24) is 0 Å². The van der Waals surface area contributed by atoms with E-state index >= 15 is 0 Å². The van der Waals surface area contributed by atoms with E-state index < -0.39 is 14.0 Å². The Kier molecular flexibility index (Phi) is 15.7. The van der Waals surface area contributed by atoms with E-state index in [1.165, 1.54) is 66.8 Å². The number of rotatable bonds is 8. The van der Waals surface area contributed by atoms with Gasteiger partial charge >= 0.3 is 21.1 Å². The minimum absolute atomic E-state index is 0.334. The Labute approximate surface area is 458 Å². The molecule has 0 aliphatic carbocycles. The third-order valence-electron chi connectivity index (χ3n) is 16.0. The highest BCUT2D eigenvalue weighted by atomic mass is 35.5. The lowest BCUT2D eigenvalue weighted by molar-refractivity contribution is 0.00578. The Morgan fingerprint density at radius 2 is 0.474 bits per heavy atom. The van der Waals surface area contributed by atoms with Crippen LogP contribution < -0.4 is 5.46 Å². The van der Waals surface area contributed by atoms with Crippen LogP contribution in [0.4, 0.5) is 0 Å². The van der Waals surface area contributed by atoms with Crippen LogP contribution >= 0.6 is 11.6 Å². The van der Waals surface area contributed by atoms with Crippen molar-refractivity contribution in [2.24, 2.45) is 0 Å². The summed E-state index contributed by atoms with van der Waals surface area (Å²) in [6.07, 6.45) is 0. The lowest BCUT2D eigenvalue weighted by Crippen LogP contribution is -2.41. The summed E-state index contributed by atoms with van der Waals surface area (Å²) >= 11 is 6.00. The van der Waals surface area contributed by atoms with Crippen molar-refractivity contribution in [1.29, 1.82) is 0 Å². The van der Waals surface area contributed by atoms with Crippen molar-refractivity contribution in [3.8, 4) is 66.8 Å². The molecule has 3 heterocycles. The number of hydrogen-bond acceptors (Lipinski definition) is 6. The maximum Gasteiger partial charge on any atom is 0.494 e. The van der Waals surface area contributed by atoms with Gasteiger partial charge in [0.05, 0.1) is 33.6 Å². The molecule has 0 unspecified atom stereocenters. The highest BCUT2D eigenvalue weighted by molar-refractivity contribution is 7.11. The van der Waals surface area contributed by atoms with Gasteiger partial charge in [0.2, 0.25) is 0 Å². The monoisotopic (exact) mass is 1030 g/mol. The average Bonchev–Trinajstić information content (AvgIpc) is 3.96. The van der Waals surface area contributed by atoms with Crippen LogP contribution in [0.2, 0.25) is 5.02 Å². The van der Waals surface area contributed by atoms with Gasteiger partial charge in [-0.3, -0.25) is 0 Å². The maximum atomic E-state index is 6.20. The quantitative estimate of drug-likeness (QED) is 0.141. The molecule has 8 aromatic rings. The van der Waals surface area contributed by atoms with Crippen LogP contribution in [0, 0.1) is 0 Å². The fourth-order valence-corrected chi connectivity index (χ4v) is 9.35. The Balaban J connectivity index is 0.000000146. The molecule has 3 aliphatic rings. The summed E-state index contributed by atoms with van der Waals surface area (Å²) in [6, 6.07) is 72.2. The summed E-state index contributed by atoms with van der Waals surface area (Å²) in [5.41, 5.74) is 13.5. The van der Waals surface area contributed by atoms with Gasteiger partial charge in [0, 0.05) is 5.02 Å². The summed E-state index contributed by atoms with van der Waals surface area (Å²) in [7, 11) is -1.29. The molecule has 0 aromatic heterocycles. The first kappa shape index (κ1) is 54.8. The largest absolute Gasteiger partial charge is 0.494 e. The standard InChI is InChI=1S/C30H29BO2.C24H17Cl.C12H24B2O4/c1-29(2)30(3,4)33-31(32-29)28-18-16-23(17-19-28)25-13-9-15-27(21-25)26-14-8-12-24(20-26)22-10-6-5-7-11-22;25-24-14-12-19(13-15-24)21-9-5-11-23(17-21)22-10-4-8-20(16-22)18-6-2-1-3-7-18;1-9(2)10(3,4)16-13(15-9)14-17-11(5,6)12(7,8)18-14/h5-21H,1-4H3;1-17H;1-8H3. The average molecular weight is 1030 g/mol. The van der Waals surface area contributed by atoms with E-state index in [9.17, 15) is 0 Å². The van der Waals surface area contributed by atoms with Gasteiger partial charge in [-0.2, -0.15) is 0 Å². The molecule has 76 heavy (non-hydrogen) atoms. The van der Waals surface area contributed by atoms with Crippen molar-refractivity contribution in [3.63, 3.8) is 0 Å². The second-order valence-corrected chi connectivity index (χ2v) is 23.5. The van der Waals surface area contributed by atoms with Gasteiger partial charge in [0.1, 0.15) is 0 Å².